The van der Waals surface area contributed by atoms with Gasteiger partial charge in [-0.15, -0.1) is 21.5 Å². The summed E-state index contributed by atoms with van der Waals surface area (Å²) in [4.78, 5) is 16.0. The predicted octanol–water partition coefficient (Wildman–Crippen LogP) is 4.02. The van der Waals surface area contributed by atoms with Gasteiger partial charge in [0.2, 0.25) is 11.8 Å². The number of nitrogens with one attached hydrogen (secondary N) is 1. The van der Waals surface area contributed by atoms with Gasteiger partial charge in [0, 0.05) is 12.6 Å². The first-order chi connectivity index (χ1) is 13.2. The van der Waals surface area contributed by atoms with Crippen LogP contribution in [0.4, 0.5) is 0 Å². The average Bonchev–Trinajstić information content (AvgIpc) is 3.40. The molecule has 2 fully saturated rings. The molecule has 3 heterocycles. The number of amides is 1. The summed E-state index contributed by atoms with van der Waals surface area (Å²) in [6.45, 7) is 3.81. The normalized spacial score (nSPS) is 23.2. The van der Waals surface area contributed by atoms with Crippen molar-refractivity contribution in [2.75, 3.05) is 13.1 Å². The van der Waals surface area contributed by atoms with Gasteiger partial charge in [-0.2, -0.15) is 0 Å². The molecule has 2 atom stereocenters. The Morgan fingerprint density at radius 2 is 2.11 bits per heavy atom. The Morgan fingerprint density at radius 3 is 2.89 bits per heavy atom. The number of carbonyl (C=O) groups is 1. The Hall–Kier alpha value is -1.73. The lowest BCUT2D eigenvalue weighted by atomic mass is 9.92. The summed E-state index contributed by atoms with van der Waals surface area (Å²) < 4.78 is 5.91. The molecular weight excluding hydrogens is 360 g/mol. The Labute approximate surface area is 164 Å². The number of carbonyl (C=O) groups excluding carboxylic acids is 1. The first-order valence-electron chi connectivity index (χ1n) is 10.1. The standard InChI is InChI=1S/C20H28N4O2S/c1-14(19-22-23-20(26-19)17-10-6-12-27-17)24-11-5-7-15(13-24)18(25)21-16-8-3-2-4-9-16/h6,10,12,14-16H,2-5,7-9,11,13H2,1H3,(H,21,25). The number of hydrogen-bond donors (Lipinski definition) is 1. The van der Waals surface area contributed by atoms with Gasteiger partial charge in [0.15, 0.2) is 0 Å². The molecule has 1 aliphatic heterocycles. The highest BCUT2D eigenvalue weighted by molar-refractivity contribution is 7.13. The zero-order chi connectivity index (χ0) is 18.6. The van der Waals surface area contributed by atoms with Crippen LogP contribution >= 0.6 is 11.3 Å². The highest BCUT2D eigenvalue weighted by Crippen LogP contribution is 2.29. The van der Waals surface area contributed by atoms with Gasteiger partial charge < -0.3 is 9.73 Å². The van der Waals surface area contributed by atoms with Gasteiger partial charge >= 0.3 is 0 Å². The maximum absolute atomic E-state index is 12.7. The van der Waals surface area contributed by atoms with E-state index in [1.54, 1.807) is 11.3 Å². The highest BCUT2D eigenvalue weighted by atomic mass is 32.1. The molecule has 0 spiro atoms. The van der Waals surface area contributed by atoms with Gasteiger partial charge in [-0.25, -0.2) is 0 Å². The van der Waals surface area contributed by atoms with Crippen LogP contribution in [0.25, 0.3) is 10.8 Å². The van der Waals surface area contributed by atoms with Gasteiger partial charge in [-0.1, -0.05) is 25.3 Å². The van der Waals surface area contributed by atoms with E-state index < -0.39 is 0 Å². The molecule has 1 saturated carbocycles. The van der Waals surface area contributed by atoms with Crippen molar-refractivity contribution in [3.63, 3.8) is 0 Å². The summed E-state index contributed by atoms with van der Waals surface area (Å²) in [5.74, 6) is 1.49. The molecule has 0 radical (unpaired) electrons. The molecule has 2 unspecified atom stereocenters. The van der Waals surface area contributed by atoms with Crippen LogP contribution < -0.4 is 5.32 Å². The summed E-state index contributed by atoms with van der Waals surface area (Å²) in [5.41, 5.74) is 0. The van der Waals surface area contributed by atoms with E-state index in [4.69, 9.17) is 4.42 Å². The lowest BCUT2D eigenvalue weighted by Gasteiger charge is -2.35. The summed E-state index contributed by atoms with van der Waals surface area (Å²) in [6, 6.07) is 4.37. The fourth-order valence-corrected chi connectivity index (χ4v) is 4.84. The number of likely N-dealkylation sites (tertiary alicyclic amines) is 1. The molecule has 6 nitrogen and oxygen atoms in total. The molecule has 0 bridgehead atoms. The van der Waals surface area contributed by atoms with E-state index in [9.17, 15) is 4.79 Å². The van der Waals surface area contributed by atoms with Gasteiger partial charge in [0.25, 0.3) is 5.89 Å². The molecule has 2 aliphatic rings. The number of hydrogen-bond acceptors (Lipinski definition) is 6. The molecule has 1 aliphatic carbocycles. The van der Waals surface area contributed by atoms with E-state index in [0.717, 1.165) is 43.6 Å². The van der Waals surface area contributed by atoms with Crippen LogP contribution in [0.15, 0.2) is 21.9 Å². The second kappa shape index (κ2) is 8.52. The number of piperidine rings is 1. The molecule has 7 heteroatoms. The van der Waals surface area contributed by atoms with Crippen molar-refractivity contribution in [3.05, 3.63) is 23.4 Å². The smallest absolute Gasteiger partial charge is 0.257 e. The van der Waals surface area contributed by atoms with E-state index in [0.29, 0.717) is 17.8 Å². The van der Waals surface area contributed by atoms with E-state index in [2.05, 4.69) is 27.3 Å². The lowest BCUT2D eigenvalue weighted by Crippen LogP contribution is -2.46. The molecule has 1 saturated heterocycles. The fourth-order valence-electron chi connectivity index (χ4n) is 4.20. The van der Waals surface area contributed by atoms with Gasteiger partial charge in [-0.3, -0.25) is 9.69 Å². The Morgan fingerprint density at radius 1 is 1.26 bits per heavy atom. The number of aromatic nitrogens is 2. The zero-order valence-corrected chi connectivity index (χ0v) is 16.7. The monoisotopic (exact) mass is 388 g/mol. The van der Waals surface area contributed by atoms with E-state index in [1.807, 2.05) is 17.5 Å². The van der Waals surface area contributed by atoms with Crippen LogP contribution in [-0.4, -0.2) is 40.1 Å². The van der Waals surface area contributed by atoms with Crippen molar-refractivity contribution >= 4 is 17.2 Å². The Bertz CT molecular complexity index is 739. The molecule has 4 rings (SSSR count). The largest absolute Gasteiger partial charge is 0.418 e. The molecular formula is C20H28N4O2S. The number of thiophene rings is 1. The molecule has 27 heavy (non-hydrogen) atoms. The summed E-state index contributed by atoms with van der Waals surface area (Å²) in [7, 11) is 0. The third kappa shape index (κ3) is 4.41. The zero-order valence-electron chi connectivity index (χ0n) is 15.9. The van der Waals surface area contributed by atoms with Gasteiger partial charge in [0.05, 0.1) is 16.8 Å². The highest BCUT2D eigenvalue weighted by Gasteiger charge is 2.31. The van der Waals surface area contributed by atoms with Crippen LogP contribution in [0.3, 0.4) is 0 Å². The van der Waals surface area contributed by atoms with Gasteiger partial charge in [0.1, 0.15) is 0 Å². The summed E-state index contributed by atoms with van der Waals surface area (Å²) in [6.07, 6.45) is 8.03. The van der Waals surface area contributed by atoms with Crippen LogP contribution in [0.1, 0.15) is 63.8 Å². The second-order valence-corrected chi connectivity index (χ2v) is 8.72. The summed E-state index contributed by atoms with van der Waals surface area (Å²) in [5, 5.41) is 13.8. The van der Waals surface area contributed by atoms with Crippen molar-refractivity contribution in [2.45, 2.75) is 64.0 Å². The van der Waals surface area contributed by atoms with Crippen molar-refractivity contribution in [1.29, 1.82) is 0 Å². The quantitative estimate of drug-likeness (QED) is 0.838. The van der Waals surface area contributed by atoms with E-state index in [-0.39, 0.29) is 17.9 Å². The molecule has 146 valence electrons. The molecule has 1 amide bonds. The van der Waals surface area contributed by atoms with Crippen LogP contribution in [0, 0.1) is 5.92 Å². The molecule has 2 aromatic heterocycles. The maximum atomic E-state index is 12.7. The molecule has 1 N–H and O–H groups in total. The first-order valence-corrected chi connectivity index (χ1v) is 11.0. The fraction of sp³-hybridized carbons (Fsp3) is 0.650. The topological polar surface area (TPSA) is 71.3 Å². The molecule has 2 aromatic rings. The Balaban J connectivity index is 1.36. The SMILES string of the molecule is CC(c1nnc(-c2cccs2)o1)N1CCCC(C(=O)NC2CCCCC2)C1. The minimum atomic E-state index is 0.0245. The van der Waals surface area contributed by atoms with E-state index in [1.165, 1.54) is 19.3 Å². The minimum absolute atomic E-state index is 0.0245. The lowest BCUT2D eigenvalue weighted by molar-refractivity contribution is -0.128. The number of nitrogens with zero attached hydrogens (tertiary/aromatic N) is 3. The summed E-state index contributed by atoms with van der Waals surface area (Å²) >= 11 is 1.59. The maximum Gasteiger partial charge on any atom is 0.257 e. The third-order valence-corrected chi connectivity index (χ3v) is 6.71. The third-order valence-electron chi connectivity index (χ3n) is 5.85. The van der Waals surface area contributed by atoms with E-state index >= 15 is 0 Å². The second-order valence-electron chi connectivity index (χ2n) is 7.78. The van der Waals surface area contributed by atoms with Crippen molar-refractivity contribution < 1.29 is 9.21 Å². The molecule has 0 aromatic carbocycles. The van der Waals surface area contributed by atoms with Gasteiger partial charge in [-0.05, 0) is 50.6 Å². The average molecular weight is 389 g/mol. The predicted molar refractivity (Wildman–Crippen MR) is 105 cm³/mol. The minimum Gasteiger partial charge on any atom is -0.418 e. The van der Waals surface area contributed by atoms with Crippen LogP contribution in [0.2, 0.25) is 0 Å². The van der Waals surface area contributed by atoms with Crippen LogP contribution in [-0.2, 0) is 4.79 Å². The van der Waals surface area contributed by atoms with Crippen molar-refractivity contribution in [1.82, 2.24) is 20.4 Å². The van der Waals surface area contributed by atoms with Crippen LogP contribution in [0.5, 0.6) is 0 Å². The van der Waals surface area contributed by atoms with Crippen molar-refractivity contribution in [2.24, 2.45) is 5.92 Å². The first kappa shape index (κ1) is 18.6. The Kier molecular flexibility index (Phi) is 5.88. The van der Waals surface area contributed by atoms with Crippen molar-refractivity contribution in [3.8, 4) is 10.8 Å². The number of rotatable bonds is 5.